The smallest absolute Gasteiger partial charge is 0.407 e. The first-order valence-corrected chi connectivity index (χ1v) is 18.8. The van der Waals surface area contributed by atoms with Crippen molar-refractivity contribution in [3.05, 3.63) is 106 Å². The highest BCUT2D eigenvalue weighted by Gasteiger charge is 2.28. The van der Waals surface area contributed by atoms with Crippen LogP contribution in [0.5, 0.6) is 0 Å². The van der Waals surface area contributed by atoms with Crippen LogP contribution in [-0.2, 0) is 32.2 Å². The Labute approximate surface area is 325 Å². The molecule has 1 aliphatic rings. The SMILES string of the molecule is CCCN(Cc1nc2ccc3c(c2[nH]1)=CCC(c1ccc(-c2cnc(CN(CCC)C(=O)[C@H](NC(=O)OC)c4ccccc4)[nH]2)cc1)C=3)C(=O)CNC(=O)OC. The second-order valence-electron chi connectivity index (χ2n) is 13.6. The second-order valence-corrected chi connectivity index (χ2v) is 13.6. The number of ether oxygens (including phenoxy) is 2. The summed E-state index contributed by atoms with van der Waals surface area (Å²) in [7, 11) is 2.53. The van der Waals surface area contributed by atoms with Crippen molar-refractivity contribution in [3.63, 3.8) is 0 Å². The number of nitrogens with zero attached hydrogens (tertiary/aromatic N) is 4. The molecule has 0 bridgehead atoms. The lowest BCUT2D eigenvalue weighted by Gasteiger charge is -2.27. The van der Waals surface area contributed by atoms with Crippen LogP contribution in [0.2, 0.25) is 0 Å². The van der Waals surface area contributed by atoms with E-state index in [1.54, 1.807) is 28.1 Å². The summed E-state index contributed by atoms with van der Waals surface area (Å²) in [6.45, 7) is 5.41. The number of fused-ring (bicyclic) bond motifs is 3. The van der Waals surface area contributed by atoms with Gasteiger partial charge in [0.1, 0.15) is 24.2 Å². The zero-order valence-corrected chi connectivity index (χ0v) is 32.1. The van der Waals surface area contributed by atoms with E-state index in [0.29, 0.717) is 36.8 Å². The second kappa shape index (κ2) is 18.3. The Kier molecular flexibility index (Phi) is 12.8. The number of alkyl carbamates (subject to hydrolysis) is 2. The summed E-state index contributed by atoms with van der Waals surface area (Å²) in [5.41, 5.74) is 5.42. The topological polar surface area (TPSA) is 175 Å². The fourth-order valence-electron chi connectivity index (χ4n) is 6.95. The van der Waals surface area contributed by atoms with Gasteiger partial charge < -0.3 is 39.9 Å². The van der Waals surface area contributed by atoms with Gasteiger partial charge in [0.05, 0.1) is 50.2 Å². The zero-order valence-electron chi connectivity index (χ0n) is 32.1. The number of methoxy groups -OCH3 is 2. The summed E-state index contributed by atoms with van der Waals surface area (Å²) in [4.78, 5) is 69.9. The van der Waals surface area contributed by atoms with E-state index in [0.717, 1.165) is 52.0 Å². The van der Waals surface area contributed by atoms with Crippen molar-refractivity contribution in [3.8, 4) is 11.3 Å². The number of imidazole rings is 2. The minimum atomic E-state index is -0.899. The first-order valence-electron chi connectivity index (χ1n) is 18.8. The van der Waals surface area contributed by atoms with Crippen LogP contribution in [0.3, 0.4) is 0 Å². The minimum Gasteiger partial charge on any atom is -0.453 e. The van der Waals surface area contributed by atoms with E-state index in [9.17, 15) is 19.2 Å². The molecule has 2 aromatic heterocycles. The number of benzene rings is 3. The van der Waals surface area contributed by atoms with E-state index >= 15 is 0 Å². The van der Waals surface area contributed by atoms with Crippen molar-refractivity contribution in [1.29, 1.82) is 0 Å². The Morgan fingerprint density at radius 1 is 0.857 bits per heavy atom. The van der Waals surface area contributed by atoms with Crippen LogP contribution >= 0.6 is 0 Å². The third-order valence-electron chi connectivity index (χ3n) is 9.75. The average Bonchev–Trinajstić information content (AvgIpc) is 3.88. The van der Waals surface area contributed by atoms with Gasteiger partial charge in [0.25, 0.3) is 0 Å². The Hall–Kier alpha value is -6.44. The molecule has 3 aromatic carbocycles. The number of rotatable bonds is 15. The average molecular weight is 761 g/mol. The quantitative estimate of drug-likeness (QED) is 0.120. The predicted molar refractivity (Wildman–Crippen MR) is 212 cm³/mol. The number of nitrogens with one attached hydrogen (secondary N) is 4. The maximum Gasteiger partial charge on any atom is 0.407 e. The van der Waals surface area contributed by atoms with Crippen molar-refractivity contribution in [1.82, 2.24) is 40.4 Å². The summed E-state index contributed by atoms with van der Waals surface area (Å²) in [6, 6.07) is 20.7. The first kappa shape index (κ1) is 39.3. The first-order chi connectivity index (χ1) is 27.2. The molecule has 56 heavy (non-hydrogen) atoms. The zero-order chi connectivity index (χ0) is 39.6. The third-order valence-corrected chi connectivity index (χ3v) is 9.75. The molecule has 4 amide bonds. The van der Waals surface area contributed by atoms with Gasteiger partial charge in [-0.05, 0) is 47.2 Å². The van der Waals surface area contributed by atoms with Gasteiger partial charge in [-0.15, -0.1) is 0 Å². The number of carbonyl (C=O) groups excluding carboxylic acids is 4. The molecule has 1 unspecified atom stereocenters. The fourth-order valence-corrected chi connectivity index (χ4v) is 6.95. The Balaban J connectivity index is 1.14. The Bertz CT molecular complexity index is 2290. The van der Waals surface area contributed by atoms with E-state index in [1.165, 1.54) is 19.8 Å². The Morgan fingerprint density at radius 3 is 2.29 bits per heavy atom. The van der Waals surface area contributed by atoms with Crippen LogP contribution in [-0.4, -0.2) is 87.6 Å². The van der Waals surface area contributed by atoms with Gasteiger partial charge in [0, 0.05) is 24.2 Å². The molecular weight excluding hydrogens is 713 g/mol. The van der Waals surface area contributed by atoms with Crippen molar-refractivity contribution in [2.75, 3.05) is 33.9 Å². The maximum absolute atomic E-state index is 13.8. The summed E-state index contributed by atoms with van der Waals surface area (Å²) in [5.74, 6) is 1.03. The number of H-pyrrole nitrogens is 2. The van der Waals surface area contributed by atoms with Crippen molar-refractivity contribution < 1.29 is 28.7 Å². The van der Waals surface area contributed by atoms with Gasteiger partial charge in [-0.1, -0.05) is 86.7 Å². The highest BCUT2D eigenvalue weighted by Crippen LogP contribution is 2.27. The van der Waals surface area contributed by atoms with Crippen LogP contribution in [0.25, 0.3) is 34.4 Å². The molecule has 2 heterocycles. The Morgan fingerprint density at radius 2 is 1.57 bits per heavy atom. The maximum atomic E-state index is 13.8. The number of aromatic amines is 2. The molecule has 0 fully saturated rings. The summed E-state index contributed by atoms with van der Waals surface area (Å²) >= 11 is 0. The molecule has 0 radical (unpaired) electrons. The van der Waals surface area contributed by atoms with Crippen LogP contribution in [0.15, 0.2) is 72.9 Å². The number of carbonyl (C=O) groups is 4. The van der Waals surface area contributed by atoms with Gasteiger partial charge in [0.2, 0.25) is 11.8 Å². The molecule has 5 aromatic rings. The predicted octanol–water partition coefficient (Wildman–Crippen LogP) is 4.63. The fraction of sp³-hybridized carbons (Fsp3) is 0.333. The van der Waals surface area contributed by atoms with E-state index in [1.807, 2.05) is 38.1 Å². The highest BCUT2D eigenvalue weighted by atomic mass is 16.5. The third kappa shape index (κ3) is 9.25. The molecule has 14 heteroatoms. The van der Waals surface area contributed by atoms with Gasteiger partial charge in [-0.2, -0.15) is 0 Å². The van der Waals surface area contributed by atoms with Gasteiger partial charge in [-0.3, -0.25) is 9.59 Å². The molecule has 0 saturated carbocycles. The molecule has 2 atom stereocenters. The van der Waals surface area contributed by atoms with Gasteiger partial charge in [-0.25, -0.2) is 19.6 Å². The standard InChI is InChI=1S/C42H48N8O6/c1-5-20-49(37(51)24-44-41(53)55-3)26-36-45-33-19-17-31-22-30(16-18-32(31)39(33)47-36)27-12-14-28(15-13-27)34-23-43-35(46-34)25-50(21-6-2)40(52)38(48-42(54)56-4)29-10-8-7-9-11-29/h7-15,17-19,22-23,30,38H,5-6,16,20-21,24-26H2,1-4H3,(H,43,46)(H,44,53)(H,45,47)(H,48,54)/t30?,38-/m1/s1. The highest BCUT2D eigenvalue weighted by molar-refractivity contribution is 5.87. The van der Waals surface area contributed by atoms with Gasteiger partial charge in [0.15, 0.2) is 0 Å². The number of hydrogen-bond acceptors (Lipinski definition) is 8. The van der Waals surface area contributed by atoms with E-state index < -0.39 is 18.2 Å². The van der Waals surface area contributed by atoms with Crippen molar-refractivity contribution in [2.45, 2.75) is 58.2 Å². The molecule has 0 aliphatic heterocycles. The van der Waals surface area contributed by atoms with Crippen LogP contribution in [0.4, 0.5) is 9.59 Å². The number of amides is 4. The molecule has 0 saturated heterocycles. The van der Waals surface area contributed by atoms with Crippen molar-refractivity contribution in [2.24, 2.45) is 0 Å². The molecular formula is C42H48N8O6. The number of aromatic nitrogens is 4. The summed E-state index contributed by atoms with van der Waals surface area (Å²) in [5, 5.41) is 7.35. The minimum absolute atomic E-state index is 0.148. The van der Waals surface area contributed by atoms with Crippen LogP contribution in [0.1, 0.15) is 67.8 Å². The summed E-state index contributed by atoms with van der Waals surface area (Å²) < 4.78 is 9.40. The van der Waals surface area contributed by atoms with Crippen molar-refractivity contribution >= 4 is 47.2 Å². The largest absolute Gasteiger partial charge is 0.453 e. The lowest BCUT2D eigenvalue weighted by Crippen LogP contribution is -2.43. The lowest BCUT2D eigenvalue weighted by atomic mass is 9.90. The molecule has 1 aliphatic carbocycles. The molecule has 0 spiro atoms. The number of hydrogen-bond donors (Lipinski definition) is 4. The van der Waals surface area contributed by atoms with E-state index in [-0.39, 0.29) is 30.8 Å². The van der Waals surface area contributed by atoms with E-state index in [4.69, 9.17) is 9.72 Å². The van der Waals surface area contributed by atoms with E-state index in [2.05, 4.69) is 72.8 Å². The normalized spacial score (nSPS) is 13.8. The van der Waals surface area contributed by atoms with Crippen LogP contribution in [0, 0.1) is 0 Å². The lowest BCUT2D eigenvalue weighted by molar-refractivity contribution is -0.134. The molecule has 4 N–H and O–H groups in total. The monoisotopic (exact) mass is 760 g/mol. The molecule has 14 nitrogen and oxygen atoms in total. The molecule has 6 rings (SSSR count). The molecule has 292 valence electrons. The van der Waals surface area contributed by atoms with Gasteiger partial charge >= 0.3 is 12.2 Å². The summed E-state index contributed by atoms with van der Waals surface area (Å²) in [6.07, 6.45) is 7.27. The van der Waals surface area contributed by atoms with Crippen LogP contribution < -0.4 is 21.1 Å².